The Bertz CT molecular complexity index is 388. The summed E-state index contributed by atoms with van der Waals surface area (Å²) >= 11 is 3.39. The van der Waals surface area contributed by atoms with Crippen molar-refractivity contribution >= 4 is 21.7 Å². The van der Waals surface area contributed by atoms with Gasteiger partial charge in [0.15, 0.2) is 5.78 Å². The van der Waals surface area contributed by atoms with Gasteiger partial charge in [-0.2, -0.15) is 0 Å². The van der Waals surface area contributed by atoms with Crippen LogP contribution in [0.2, 0.25) is 0 Å². The average Bonchev–Trinajstić information content (AvgIpc) is 2.18. The minimum Gasteiger partial charge on any atom is -0.294 e. The van der Waals surface area contributed by atoms with Crippen molar-refractivity contribution < 1.29 is 4.79 Å². The highest BCUT2D eigenvalue weighted by molar-refractivity contribution is 9.10. The highest BCUT2D eigenvalue weighted by Crippen LogP contribution is 2.20. The molecule has 0 heterocycles. The molecule has 0 amide bonds. The molecular weight excluding hydrogens is 240 g/mol. The highest BCUT2D eigenvalue weighted by Gasteiger charge is 2.09. The van der Waals surface area contributed by atoms with Gasteiger partial charge in [-0.05, 0) is 18.6 Å². The summed E-state index contributed by atoms with van der Waals surface area (Å²) in [6, 6.07) is 5.62. The number of terminal acetylenes is 1. The van der Waals surface area contributed by atoms with Crippen LogP contribution in [0.15, 0.2) is 22.7 Å². The Labute approximate surface area is 92.6 Å². The lowest BCUT2D eigenvalue weighted by molar-refractivity contribution is 0.0983. The minimum absolute atomic E-state index is 0.113. The molecule has 0 aliphatic rings. The monoisotopic (exact) mass is 250 g/mol. The first-order valence-corrected chi connectivity index (χ1v) is 5.18. The molecular formula is C12H11BrO. The van der Waals surface area contributed by atoms with Crippen LogP contribution in [-0.4, -0.2) is 5.78 Å². The van der Waals surface area contributed by atoms with Crippen LogP contribution >= 0.6 is 15.9 Å². The zero-order valence-corrected chi connectivity index (χ0v) is 9.60. The molecule has 0 saturated heterocycles. The Balaban J connectivity index is 2.91. The van der Waals surface area contributed by atoms with Crippen LogP contribution in [0.4, 0.5) is 0 Å². The fourth-order valence-corrected chi connectivity index (χ4v) is 1.60. The molecule has 0 aromatic heterocycles. The molecule has 14 heavy (non-hydrogen) atoms. The lowest BCUT2D eigenvalue weighted by Gasteiger charge is -2.04. The second-order valence-electron chi connectivity index (χ2n) is 3.04. The fourth-order valence-electron chi connectivity index (χ4n) is 1.23. The molecule has 0 bridgehead atoms. The van der Waals surface area contributed by atoms with Crippen molar-refractivity contribution in [3.63, 3.8) is 0 Å². The summed E-state index contributed by atoms with van der Waals surface area (Å²) in [6.45, 7) is 1.92. The average molecular weight is 251 g/mol. The Morgan fingerprint density at radius 2 is 2.29 bits per heavy atom. The molecule has 72 valence electrons. The van der Waals surface area contributed by atoms with Crippen LogP contribution in [0.3, 0.4) is 0 Å². The zero-order chi connectivity index (χ0) is 10.6. The molecule has 2 heteroatoms. The SMILES string of the molecule is C#CCCC(=O)c1cccc(Br)c1C. The highest BCUT2D eigenvalue weighted by atomic mass is 79.9. The van der Waals surface area contributed by atoms with E-state index in [0.29, 0.717) is 12.8 Å². The maximum atomic E-state index is 11.7. The van der Waals surface area contributed by atoms with Crippen LogP contribution in [0, 0.1) is 19.3 Å². The van der Waals surface area contributed by atoms with Gasteiger partial charge in [-0.25, -0.2) is 0 Å². The first-order chi connectivity index (χ1) is 6.66. The van der Waals surface area contributed by atoms with E-state index in [2.05, 4.69) is 21.9 Å². The summed E-state index contributed by atoms with van der Waals surface area (Å²) in [5, 5.41) is 0. The predicted octanol–water partition coefficient (Wildman–Crippen LogP) is 3.35. The van der Waals surface area contributed by atoms with Crippen molar-refractivity contribution in [3.05, 3.63) is 33.8 Å². The number of carbonyl (C=O) groups is 1. The number of rotatable bonds is 3. The molecule has 0 N–H and O–H groups in total. The van der Waals surface area contributed by atoms with Crippen molar-refractivity contribution in [2.24, 2.45) is 0 Å². The minimum atomic E-state index is 0.113. The number of carbonyl (C=O) groups excluding carboxylic acids is 1. The second kappa shape index (κ2) is 4.97. The molecule has 1 nitrogen and oxygen atoms in total. The quantitative estimate of drug-likeness (QED) is 0.594. The van der Waals surface area contributed by atoms with Gasteiger partial charge in [0.25, 0.3) is 0 Å². The van der Waals surface area contributed by atoms with Crippen molar-refractivity contribution in [2.45, 2.75) is 19.8 Å². The lowest BCUT2D eigenvalue weighted by atomic mass is 10.0. The molecule has 1 aromatic rings. The van der Waals surface area contributed by atoms with Gasteiger partial charge in [0.05, 0.1) is 0 Å². The number of halogens is 1. The summed E-state index contributed by atoms with van der Waals surface area (Å²) in [7, 11) is 0. The van der Waals surface area contributed by atoms with Gasteiger partial charge in [-0.15, -0.1) is 12.3 Å². The molecule has 0 aliphatic heterocycles. The standard InChI is InChI=1S/C12H11BrO/c1-3-4-8-12(14)10-6-5-7-11(13)9(10)2/h1,5-7H,4,8H2,2H3. The van der Waals surface area contributed by atoms with E-state index in [0.717, 1.165) is 15.6 Å². The largest absolute Gasteiger partial charge is 0.294 e. The van der Waals surface area contributed by atoms with E-state index in [9.17, 15) is 4.79 Å². The van der Waals surface area contributed by atoms with Crippen LogP contribution in [0.25, 0.3) is 0 Å². The van der Waals surface area contributed by atoms with Crippen LogP contribution in [0.1, 0.15) is 28.8 Å². The molecule has 0 radical (unpaired) electrons. The third-order valence-corrected chi connectivity index (χ3v) is 2.92. The van der Waals surface area contributed by atoms with E-state index >= 15 is 0 Å². The van der Waals surface area contributed by atoms with Crippen LogP contribution in [-0.2, 0) is 0 Å². The van der Waals surface area contributed by atoms with E-state index in [1.165, 1.54) is 0 Å². The number of benzene rings is 1. The van der Waals surface area contributed by atoms with Gasteiger partial charge in [0, 0.05) is 22.9 Å². The van der Waals surface area contributed by atoms with E-state index in [4.69, 9.17) is 6.42 Å². The Morgan fingerprint density at radius 3 is 2.93 bits per heavy atom. The fraction of sp³-hybridized carbons (Fsp3) is 0.250. The third-order valence-electron chi connectivity index (χ3n) is 2.06. The summed E-state index contributed by atoms with van der Waals surface area (Å²) in [4.78, 5) is 11.7. The first kappa shape index (κ1) is 11.0. The molecule has 0 spiro atoms. The van der Waals surface area contributed by atoms with Crippen molar-refractivity contribution in [1.29, 1.82) is 0 Å². The normalized spacial score (nSPS) is 9.50. The number of ketones is 1. The van der Waals surface area contributed by atoms with Crippen molar-refractivity contribution in [2.75, 3.05) is 0 Å². The molecule has 0 saturated carbocycles. The second-order valence-corrected chi connectivity index (χ2v) is 3.89. The summed E-state index contributed by atoms with van der Waals surface area (Å²) in [6.07, 6.45) is 6.04. The first-order valence-electron chi connectivity index (χ1n) is 4.38. The van der Waals surface area contributed by atoms with Gasteiger partial charge in [-0.1, -0.05) is 28.1 Å². The van der Waals surface area contributed by atoms with E-state index in [-0.39, 0.29) is 5.78 Å². The van der Waals surface area contributed by atoms with E-state index < -0.39 is 0 Å². The lowest BCUT2D eigenvalue weighted by Crippen LogP contribution is -2.01. The third kappa shape index (κ3) is 2.46. The summed E-state index contributed by atoms with van der Waals surface area (Å²) in [5.74, 6) is 2.58. The van der Waals surface area contributed by atoms with Crippen molar-refractivity contribution in [3.8, 4) is 12.3 Å². The molecule has 0 unspecified atom stereocenters. The predicted molar refractivity (Wildman–Crippen MR) is 61.3 cm³/mol. The topological polar surface area (TPSA) is 17.1 Å². The Morgan fingerprint density at radius 1 is 1.57 bits per heavy atom. The summed E-state index contributed by atoms with van der Waals surface area (Å²) in [5.41, 5.74) is 1.74. The smallest absolute Gasteiger partial charge is 0.164 e. The van der Waals surface area contributed by atoms with Gasteiger partial charge in [0.1, 0.15) is 0 Å². The number of hydrogen-bond donors (Lipinski definition) is 0. The number of Topliss-reactive ketones (excluding diaryl/α,β-unsaturated/α-hetero) is 1. The number of hydrogen-bond acceptors (Lipinski definition) is 1. The van der Waals surface area contributed by atoms with Gasteiger partial charge in [0.2, 0.25) is 0 Å². The van der Waals surface area contributed by atoms with Gasteiger partial charge < -0.3 is 0 Å². The van der Waals surface area contributed by atoms with E-state index in [1.54, 1.807) is 0 Å². The zero-order valence-electron chi connectivity index (χ0n) is 8.01. The Kier molecular flexibility index (Phi) is 3.91. The van der Waals surface area contributed by atoms with Gasteiger partial charge in [-0.3, -0.25) is 4.79 Å². The Hall–Kier alpha value is -1.07. The molecule has 0 atom stereocenters. The van der Waals surface area contributed by atoms with Crippen LogP contribution in [0.5, 0.6) is 0 Å². The van der Waals surface area contributed by atoms with Gasteiger partial charge >= 0.3 is 0 Å². The molecule has 0 fully saturated rings. The maximum absolute atomic E-state index is 11.7. The summed E-state index contributed by atoms with van der Waals surface area (Å²) < 4.78 is 0.962. The van der Waals surface area contributed by atoms with E-state index in [1.807, 2.05) is 25.1 Å². The van der Waals surface area contributed by atoms with Crippen molar-refractivity contribution in [1.82, 2.24) is 0 Å². The van der Waals surface area contributed by atoms with Crippen LogP contribution < -0.4 is 0 Å². The molecule has 1 rings (SSSR count). The molecule has 0 aliphatic carbocycles. The molecule has 1 aromatic carbocycles. The maximum Gasteiger partial charge on any atom is 0.164 e.